The summed E-state index contributed by atoms with van der Waals surface area (Å²) in [5.74, 6) is 0.668. The van der Waals surface area contributed by atoms with Crippen LogP contribution in [0.3, 0.4) is 0 Å². The Kier molecular flexibility index (Phi) is 3.61. The van der Waals surface area contributed by atoms with Crippen molar-refractivity contribution in [2.24, 2.45) is 0 Å². The monoisotopic (exact) mass is 234 g/mol. The molecule has 0 saturated carbocycles. The lowest BCUT2D eigenvalue weighted by molar-refractivity contribution is 0.107. The highest BCUT2D eigenvalue weighted by Gasteiger charge is 2.18. The van der Waals surface area contributed by atoms with E-state index in [9.17, 15) is 4.79 Å². The van der Waals surface area contributed by atoms with Crippen molar-refractivity contribution in [2.45, 2.75) is 0 Å². The minimum Gasteiger partial charge on any atom is -0.493 e. The SMILES string of the molecule is COc1ccc(Cl)c(C(=O)Cl)c1OC. The van der Waals surface area contributed by atoms with E-state index < -0.39 is 5.24 Å². The molecular weight excluding hydrogens is 227 g/mol. The van der Waals surface area contributed by atoms with Gasteiger partial charge in [0.15, 0.2) is 11.5 Å². The van der Waals surface area contributed by atoms with Gasteiger partial charge in [-0.05, 0) is 23.7 Å². The molecule has 0 bridgehead atoms. The fourth-order valence-electron chi connectivity index (χ4n) is 1.09. The average molecular weight is 235 g/mol. The second-order valence-corrected chi connectivity index (χ2v) is 3.18. The second-order valence-electron chi connectivity index (χ2n) is 2.43. The van der Waals surface area contributed by atoms with E-state index in [-0.39, 0.29) is 16.3 Å². The van der Waals surface area contributed by atoms with Crippen LogP contribution in [0.2, 0.25) is 5.02 Å². The highest BCUT2D eigenvalue weighted by molar-refractivity contribution is 6.69. The number of hydrogen-bond acceptors (Lipinski definition) is 3. The number of carbonyl (C=O) groups excluding carboxylic acids is 1. The molecule has 0 aliphatic heterocycles. The van der Waals surface area contributed by atoms with Crippen LogP contribution in [0, 0.1) is 0 Å². The number of hydrogen-bond donors (Lipinski definition) is 0. The highest BCUT2D eigenvalue weighted by atomic mass is 35.5. The van der Waals surface area contributed by atoms with E-state index in [2.05, 4.69) is 0 Å². The topological polar surface area (TPSA) is 35.5 Å². The molecule has 5 heteroatoms. The van der Waals surface area contributed by atoms with E-state index >= 15 is 0 Å². The minimum atomic E-state index is -0.675. The van der Waals surface area contributed by atoms with E-state index in [1.807, 2.05) is 0 Å². The lowest BCUT2D eigenvalue weighted by Crippen LogP contribution is -1.99. The molecule has 0 amide bonds. The predicted octanol–water partition coefficient (Wildman–Crippen LogP) is 2.74. The first-order valence-corrected chi connectivity index (χ1v) is 4.47. The third-order valence-corrected chi connectivity index (χ3v) is 2.20. The molecule has 1 rings (SSSR count). The van der Waals surface area contributed by atoms with E-state index in [4.69, 9.17) is 32.7 Å². The van der Waals surface area contributed by atoms with Crippen LogP contribution < -0.4 is 9.47 Å². The van der Waals surface area contributed by atoms with Gasteiger partial charge in [0.1, 0.15) is 0 Å². The Balaban J connectivity index is 3.42. The first-order valence-electron chi connectivity index (χ1n) is 3.72. The number of halogens is 2. The smallest absolute Gasteiger partial charge is 0.257 e. The van der Waals surface area contributed by atoms with Gasteiger partial charge in [-0.3, -0.25) is 4.79 Å². The number of carbonyl (C=O) groups is 1. The first-order chi connectivity index (χ1) is 6.61. The summed E-state index contributed by atoms with van der Waals surface area (Å²) in [5, 5.41) is -0.437. The molecule has 0 spiro atoms. The van der Waals surface area contributed by atoms with Gasteiger partial charge in [-0.25, -0.2) is 0 Å². The second kappa shape index (κ2) is 4.53. The van der Waals surface area contributed by atoms with Crippen molar-refractivity contribution < 1.29 is 14.3 Å². The van der Waals surface area contributed by atoms with Crippen molar-refractivity contribution in [1.82, 2.24) is 0 Å². The van der Waals surface area contributed by atoms with Gasteiger partial charge in [0.25, 0.3) is 5.24 Å². The zero-order valence-electron chi connectivity index (χ0n) is 7.64. The van der Waals surface area contributed by atoms with E-state index in [1.165, 1.54) is 20.3 Å². The lowest BCUT2D eigenvalue weighted by Gasteiger charge is -2.11. The third kappa shape index (κ3) is 1.94. The molecule has 0 N–H and O–H groups in total. The van der Waals surface area contributed by atoms with E-state index in [0.29, 0.717) is 5.75 Å². The summed E-state index contributed by atoms with van der Waals surface area (Å²) in [6.07, 6.45) is 0. The molecule has 0 aliphatic carbocycles. The van der Waals surface area contributed by atoms with Crippen LogP contribution in [0.25, 0.3) is 0 Å². The average Bonchev–Trinajstić information content (AvgIpc) is 2.16. The molecule has 0 heterocycles. The summed E-state index contributed by atoms with van der Waals surface area (Å²) >= 11 is 11.2. The van der Waals surface area contributed by atoms with Crippen LogP contribution in [0.4, 0.5) is 0 Å². The minimum absolute atomic E-state index is 0.121. The predicted molar refractivity (Wildman–Crippen MR) is 54.7 cm³/mol. The van der Waals surface area contributed by atoms with Gasteiger partial charge >= 0.3 is 0 Å². The van der Waals surface area contributed by atoms with Crippen LogP contribution in [0.1, 0.15) is 10.4 Å². The molecule has 0 fully saturated rings. The van der Waals surface area contributed by atoms with Gasteiger partial charge in [0.2, 0.25) is 0 Å². The van der Waals surface area contributed by atoms with Crippen LogP contribution in [0.5, 0.6) is 11.5 Å². The molecule has 14 heavy (non-hydrogen) atoms. The Bertz CT molecular complexity index is 363. The Morgan fingerprint density at radius 2 is 1.93 bits per heavy atom. The highest BCUT2D eigenvalue weighted by Crippen LogP contribution is 2.36. The Morgan fingerprint density at radius 1 is 1.29 bits per heavy atom. The molecule has 0 aromatic heterocycles. The molecule has 1 aromatic rings. The molecule has 1 aromatic carbocycles. The van der Waals surface area contributed by atoms with Gasteiger partial charge in [-0.1, -0.05) is 11.6 Å². The molecule has 0 saturated heterocycles. The van der Waals surface area contributed by atoms with Crippen LogP contribution in [-0.2, 0) is 0 Å². The van der Waals surface area contributed by atoms with Crippen molar-refractivity contribution in [3.05, 3.63) is 22.7 Å². The molecule has 76 valence electrons. The van der Waals surface area contributed by atoms with Crippen LogP contribution >= 0.6 is 23.2 Å². The van der Waals surface area contributed by atoms with Crippen molar-refractivity contribution in [3.63, 3.8) is 0 Å². The Labute approximate surface area is 91.5 Å². The number of rotatable bonds is 3. The first kappa shape index (κ1) is 11.1. The summed E-state index contributed by atoms with van der Waals surface area (Å²) in [7, 11) is 2.88. The largest absolute Gasteiger partial charge is 0.493 e. The summed E-state index contributed by atoms with van der Waals surface area (Å²) in [6.45, 7) is 0. The molecule has 3 nitrogen and oxygen atoms in total. The van der Waals surface area contributed by atoms with Gasteiger partial charge in [0.05, 0.1) is 24.8 Å². The van der Waals surface area contributed by atoms with Gasteiger partial charge < -0.3 is 9.47 Å². The van der Waals surface area contributed by atoms with Crippen molar-refractivity contribution in [2.75, 3.05) is 14.2 Å². The number of ether oxygens (including phenoxy) is 2. The van der Waals surface area contributed by atoms with Crippen LogP contribution in [-0.4, -0.2) is 19.5 Å². The standard InChI is InChI=1S/C9H8Cl2O3/c1-13-6-4-3-5(10)7(9(11)12)8(6)14-2/h3-4H,1-2H3. The maximum absolute atomic E-state index is 11.1. The normalized spacial score (nSPS) is 9.71. The Morgan fingerprint density at radius 3 is 2.36 bits per heavy atom. The van der Waals surface area contributed by atoms with E-state index in [0.717, 1.165) is 0 Å². The lowest BCUT2D eigenvalue weighted by atomic mass is 10.2. The molecule has 0 aliphatic rings. The summed E-state index contributed by atoms with van der Waals surface area (Å²) in [4.78, 5) is 11.1. The van der Waals surface area contributed by atoms with Crippen LogP contribution in [0.15, 0.2) is 12.1 Å². The van der Waals surface area contributed by atoms with Gasteiger partial charge in [0, 0.05) is 0 Å². The molecule has 0 atom stereocenters. The van der Waals surface area contributed by atoms with E-state index in [1.54, 1.807) is 6.07 Å². The fourth-order valence-corrected chi connectivity index (χ4v) is 1.56. The Hall–Kier alpha value is -0.930. The van der Waals surface area contributed by atoms with Gasteiger partial charge in [-0.15, -0.1) is 0 Å². The zero-order valence-corrected chi connectivity index (χ0v) is 9.15. The fraction of sp³-hybridized carbons (Fsp3) is 0.222. The summed E-state index contributed by atoms with van der Waals surface area (Å²) in [6, 6.07) is 3.13. The maximum atomic E-state index is 11.1. The summed E-state index contributed by atoms with van der Waals surface area (Å²) < 4.78 is 9.98. The van der Waals surface area contributed by atoms with Crippen molar-refractivity contribution in [1.29, 1.82) is 0 Å². The zero-order chi connectivity index (χ0) is 10.7. The molecule has 0 radical (unpaired) electrons. The van der Waals surface area contributed by atoms with Gasteiger partial charge in [-0.2, -0.15) is 0 Å². The molecule has 0 unspecified atom stereocenters. The molecular formula is C9H8Cl2O3. The van der Waals surface area contributed by atoms with Crippen molar-refractivity contribution in [3.8, 4) is 11.5 Å². The number of benzene rings is 1. The quantitative estimate of drug-likeness (QED) is 0.755. The third-order valence-electron chi connectivity index (χ3n) is 1.69. The van der Waals surface area contributed by atoms with Crippen molar-refractivity contribution >= 4 is 28.4 Å². The maximum Gasteiger partial charge on any atom is 0.257 e. The number of methoxy groups -OCH3 is 2. The summed E-state index contributed by atoms with van der Waals surface area (Å²) in [5.41, 5.74) is 0.121.